The Hall–Kier alpha value is -1.11. The molecule has 0 aromatic carbocycles. The molecule has 0 amide bonds. The molecule has 10 nitrogen and oxygen atoms in total. The Morgan fingerprint density at radius 3 is 1.85 bits per heavy atom. The van der Waals surface area contributed by atoms with Crippen molar-refractivity contribution >= 4 is 5.84 Å². The maximum Gasteiger partial charge on any atom is 2.00 e. The molecule has 0 aliphatic heterocycles. The molecule has 0 spiro atoms. The number of hydrogen-bond acceptors (Lipinski definition) is 3. The molecule has 0 fully saturated rings. The molecule has 0 saturated carbocycles. The summed E-state index contributed by atoms with van der Waals surface area (Å²) in [6.45, 7) is 0. The molecule has 0 unspecified atom stereocenters. The minimum atomic E-state index is -0.463. The van der Waals surface area contributed by atoms with Gasteiger partial charge in [-0.05, 0) is 0 Å². The third kappa shape index (κ3) is 8.80. The van der Waals surface area contributed by atoms with Crippen LogP contribution in [-0.2, 0) is 16.8 Å². The molecule has 81 valence electrons. The molecule has 13 heavy (non-hydrogen) atoms. The Balaban J connectivity index is -0.0000000427. The van der Waals surface area contributed by atoms with E-state index in [9.17, 15) is 0 Å². The Morgan fingerprint density at radius 2 is 1.69 bits per heavy atom. The van der Waals surface area contributed by atoms with Crippen LogP contribution >= 0.6 is 0 Å². The van der Waals surface area contributed by atoms with E-state index in [-0.39, 0.29) is 47.2 Å². The van der Waals surface area contributed by atoms with Gasteiger partial charge in [-0.15, -0.1) is 0 Å². The van der Waals surface area contributed by atoms with Crippen LogP contribution in [0.25, 0.3) is 30.0 Å². The Bertz CT molecular complexity index is 181. The first-order valence-electron chi connectivity index (χ1n) is 1.81. The predicted molar refractivity (Wildman–Crippen MR) is 45.9 cm³/mol. The first-order chi connectivity index (χ1) is 3.80. The molecule has 1 radical (unpaired) electrons. The van der Waals surface area contributed by atoms with Gasteiger partial charge in [0.15, 0.2) is 0 Å². The summed E-state index contributed by atoms with van der Waals surface area (Å²) >= 11 is 0. The van der Waals surface area contributed by atoms with Gasteiger partial charge in [-0.3, -0.25) is 10.3 Å². The van der Waals surface area contributed by atoms with Gasteiger partial charge >= 0.3 is 16.8 Å². The molecule has 1 heterocycles. The minimum absolute atomic E-state index is 0. The summed E-state index contributed by atoms with van der Waals surface area (Å²) in [6, 6.07) is 0. The largest absolute Gasteiger partial charge is 2.00 e. The zero-order chi connectivity index (χ0) is 5.98. The van der Waals surface area contributed by atoms with E-state index in [2.05, 4.69) is 20.6 Å². The second-order valence-electron chi connectivity index (χ2n) is 1.09. The topological polar surface area (TPSA) is 235 Å². The summed E-state index contributed by atoms with van der Waals surface area (Å²) in [6.07, 6.45) is 0. The maximum absolute atomic E-state index is 8.40. The van der Waals surface area contributed by atoms with E-state index in [1.165, 1.54) is 0 Å². The number of hydrogen-bond donors (Lipinski definition) is 1. The molecular weight excluding hydrogens is 223 g/mol. The Labute approximate surface area is 85.5 Å². The van der Waals surface area contributed by atoms with Crippen LogP contribution < -0.4 is 10.8 Å². The average Bonchev–Trinajstić information content (AvgIpc) is 2.12. The number of amidine groups is 1. The van der Waals surface area contributed by atoms with Crippen LogP contribution in [0.15, 0.2) is 0 Å². The fourth-order valence-electron chi connectivity index (χ4n) is 0.247. The van der Waals surface area contributed by atoms with Gasteiger partial charge in [-0.1, -0.05) is 5.84 Å². The zero-order valence-corrected chi connectivity index (χ0v) is 7.50. The van der Waals surface area contributed by atoms with Gasteiger partial charge < -0.3 is 40.8 Å². The van der Waals surface area contributed by atoms with E-state index < -0.39 is 5.84 Å². The van der Waals surface area contributed by atoms with Crippen LogP contribution in [-0.4, -0.2) is 21.4 Å². The Kier molecular flexibility index (Phi) is 30.8. The van der Waals surface area contributed by atoms with E-state index in [0.717, 1.165) is 0 Å². The summed E-state index contributed by atoms with van der Waals surface area (Å²) in [5.74, 6) is -0.500. The quantitative estimate of drug-likeness (QED) is 0.548. The summed E-state index contributed by atoms with van der Waals surface area (Å²) in [7, 11) is 0. The second-order valence-corrected chi connectivity index (χ2v) is 1.09. The molecule has 0 atom stereocenters. The van der Waals surface area contributed by atoms with E-state index in [1.54, 1.807) is 0 Å². The molecule has 0 aliphatic rings. The van der Waals surface area contributed by atoms with Gasteiger partial charge in [0.25, 0.3) is 0 Å². The number of nitrogens with two attached hydrogens (primary N) is 5. The number of rotatable bonds is 1. The summed E-state index contributed by atoms with van der Waals surface area (Å²) in [5, 5.41) is 21.0. The van der Waals surface area contributed by atoms with Crippen LogP contribution in [0.3, 0.4) is 0 Å². The predicted octanol–water partition coefficient (Wildman–Crippen LogP) is 0.969. The summed E-state index contributed by atoms with van der Waals surface area (Å²) in [4.78, 5) is 0. The van der Waals surface area contributed by atoms with Gasteiger partial charge in [0.05, 0.1) is 0 Å². The molecule has 0 aliphatic carbocycles. The van der Waals surface area contributed by atoms with E-state index in [4.69, 9.17) is 11.1 Å². The average molecular weight is 233 g/mol. The third-order valence-electron chi connectivity index (χ3n) is 0.548. The SMILES string of the molecule is [Co+2].[N-]=C(N)c1nnn[n-]1.[NH2-].[NH2-].[NH2-].[NH2-]. The van der Waals surface area contributed by atoms with Crippen molar-refractivity contribution in [2.24, 2.45) is 5.73 Å². The molecule has 1 aromatic rings. The fraction of sp³-hybridized carbons (Fsp3) is 0. The number of nitrogens with zero attached hydrogens (tertiary/aromatic N) is 5. The van der Waals surface area contributed by atoms with Gasteiger partial charge in [-0.2, -0.15) is 5.21 Å². The van der Waals surface area contributed by atoms with Gasteiger partial charge in [0, 0.05) is 5.82 Å². The molecule has 11 heteroatoms. The molecule has 0 bridgehead atoms. The third-order valence-corrected chi connectivity index (χ3v) is 0.548. The molecule has 10 N–H and O–H groups in total. The Morgan fingerprint density at radius 1 is 1.23 bits per heavy atom. The fourth-order valence-corrected chi connectivity index (χ4v) is 0.247. The van der Waals surface area contributed by atoms with E-state index in [1.807, 2.05) is 0 Å². The molecule has 1 rings (SSSR count). The van der Waals surface area contributed by atoms with Crippen molar-refractivity contribution in [1.29, 1.82) is 0 Å². The van der Waals surface area contributed by atoms with Gasteiger partial charge in [0.1, 0.15) is 0 Å². The van der Waals surface area contributed by atoms with Crippen LogP contribution in [0, 0.1) is 0 Å². The van der Waals surface area contributed by atoms with Gasteiger partial charge in [0.2, 0.25) is 0 Å². The van der Waals surface area contributed by atoms with E-state index >= 15 is 0 Å². The van der Waals surface area contributed by atoms with Crippen molar-refractivity contribution in [2.45, 2.75) is 0 Å². The first kappa shape index (κ1) is 29.7. The van der Waals surface area contributed by atoms with Crippen LogP contribution in [0.1, 0.15) is 5.82 Å². The molecule has 0 saturated heterocycles. The van der Waals surface area contributed by atoms with Crippen LogP contribution in [0.4, 0.5) is 0 Å². The first-order valence-corrected chi connectivity index (χ1v) is 1.81. The number of aromatic nitrogens is 4. The van der Waals surface area contributed by atoms with Gasteiger partial charge in [-0.25, -0.2) is 0 Å². The van der Waals surface area contributed by atoms with Crippen LogP contribution in [0.5, 0.6) is 0 Å². The zero-order valence-electron chi connectivity index (χ0n) is 6.46. The monoisotopic (exact) mass is 233 g/mol. The maximum atomic E-state index is 8.40. The molecule has 1 aromatic heterocycles. The molecular formula is C2H10CoN10-4. The van der Waals surface area contributed by atoms with Crippen molar-refractivity contribution in [2.75, 3.05) is 0 Å². The second kappa shape index (κ2) is 13.5. The van der Waals surface area contributed by atoms with Crippen molar-refractivity contribution in [1.82, 2.24) is 20.6 Å². The number of tetrazole rings is 1. The van der Waals surface area contributed by atoms with Crippen molar-refractivity contribution in [3.8, 4) is 0 Å². The standard InChI is InChI=1S/C2H2N6.Co.4H2N/c3-1(4)2-5-7-8-6-2;;;;;/h(H2-2,3,4,5,6,7,8);;4*1H2/q-2;+2;4*-1. The van der Waals surface area contributed by atoms with Crippen molar-refractivity contribution in [3.63, 3.8) is 0 Å². The summed E-state index contributed by atoms with van der Waals surface area (Å²) < 4.78 is 0. The van der Waals surface area contributed by atoms with Crippen LogP contribution in [0.2, 0.25) is 0 Å². The van der Waals surface area contributed by atoms with E-state index in [0.29, 0.717) is 0 Å². The van der Waals surface area contributed by atoms with Crippen molar-refractivity contribution in [3.05, 3.63) is 35.8 Å². The van der Waals surface area contributed by atoms with Crippen molar-refractivity contribution < 1.29 is 16.8 Å². The summed E-state index contributed by atoms with van der Waals surface area (Å²) in [5.41, 5.74) is 4.83. The smallest absolute Gasteiger partial charge is 0.693 e. The minimum Gasteiger partial charge on any atom is -0.693 e. The normalized spacial score (nSPS) is 5.54.